The third-order valence-electron chi connectivity index (χ3n) is 3.79. The summed E-state index contributed by atoms with van der Waals surface area (Å²) in [7, 11) is 0. The topological polar surface area (TPSA) is 46.6 Å². The molecule has 1 aliphatic rings. The van der Waals surface area contributed by atoms with E-state index in [1.807, 2.05) is 0 Å². The van der Waals surface area contributed by atoms with Crippen LogP contribution in [0.1, 0.15) is 5.56 Å². The second kappa shape index (κ2) is 8.45. The van der Waals surface area contributed by atoms with E-state index in [9.17, 15) is 9.59 Å². The molecular formula is C19H12Cl3NO3S. The number of carbonyl (C=O) groups is 2. The molecule has 0 bridgehead atoms. The first-order valence-electron chi connectivity index (χ1n) is 7.75. The number of terminal acetylenes is 1. The summed E-state index contributed by atoms with van der Waals surface area (Å²) >= 11 is 19.2. The molecule has 2 aromatic carbocycles. The lowest BCUT2D eigenvalue weighted by molar-refractivity contribution is -0.117. The van der Waals surface area contributed by atoms with Crippen molar-refractivity contribution in [1.82, 2.24) is 0 Å². The van der Waals surface area contributed by atoms with E-state index in [4.69, 9.17) is 46.0 Å². The first-order chi connectivity index (χ1) is 12.9. The van der Waals surface area contributed by atoms with Crippen LogP contribution in [0.5, 0.6) is 5.75 Å². The van der Waals surface area contributed by atoms with Crippen molar-refractivity contribution >= 4 is 63.4 Å². The molecule has 0 radical (unpaired) electrons. The van der Waals surface area contributed by atoms with Gasteiger partial charge in [0.2, 0.25) is 5.91 Å². The Morgan fingerprint density at radius 3 is 2.33 bits per heavy atom. The molecule has 3 rings (SSSR count). The minimum Gasteiger partial charge on any atom is -0.478 e. The van der Waals surface area contributed by atoms with E-state index in [-0.39, 0.29) is 17.8 Å². The number of halogens is 3. The van der Waals surface area contributed by atoms with E-state index in [1.54, 1.807) is 36.4 Å². The van der Waals surface area contributed by atoms with Gasteiger partial charge in [0, 0.05) is 5.02 Å². The van der Waals surface area contributed by atoms with Gasteiger partial charge in [0.15, 0.2) is 5.75 Å². The van der Waals surface area contributed by atoms with Crippen molar-refractivity contribution in [2.75, 3.05) is 11.5 Å². The molecule has 138 valence electrons. The van der Waals surface area contributed by atoms with Crippen molar-refractivity contribution in [3.8, 4) is 18.1 Å². The van der Waals surface area contributed by atoms with E-state index < -0.39 is 5.25 Å². The van der Waals surface area contributed by atoms with Crippen molar-refractivity contribution in [1.29, 1.82) is 0 Å². The molecule has 1 heterocycles. The van der Waals surface area contributed by atoms with E-state index in [2.05, 4.69) is 5.92 Å². The van der Waals surface area contributed by atoms with Crippen molar-refractivity contribution in [2.45, 2.75) is 11.7 Å². The Kier molecular flexibility index (Phi) is 6.23. The molecular weight excluding hydrogens is 429 g/mol. The number of anilines is 1. The molecule has 1 aliphatic heterocycles. The number of benzene rings is 2. The van der Waals surface area contributed by atoms with Gasteiger partial charge in [-0.25, -0.2) is 4.90 Å². The largest absolute Gasteiger partial charge is 0.478 e. The molecule has 4 nitrogen and oxygen atoms in total. The number of imide groups is 1. The summed E-state index contributed by atoms with van der Waals surface area (Å²) in [4.78, 5) is 26.2. The second-order valence-electron chi connectivity index (χ2n) is 5.61. The van der Waals surface area contributed by atoms with Gasteiger partial charge < -0.3 is 4.74 Å². The van der Waals surface area contributed by atoms with Gasteiger partial charge in [0.05, 0.1) is 21.0 Å². The lowest BCUT2D eigenvalue weighted by Crippen LogP contribution is -2.32. The Morgan fingerprint density at radius 2 is 1.74 bits per heavy atom. The molecule has 0 saturated carbocycles. The third kappa shape index (κ3) is 4.36. The fourth-order valence-electron chi connectivity index (χ4n) is 2.61. The highest BCUT2D eigenvalue weighted by Gasteiger charge is 2.40. The van der Waals surface area contributed by atoms with Crippen LogP contribution in [0.15, 0.2) is 36.4 Å². The van der Waals surface area contributed by atoms with Gasteiger partial charge in [-0.2, -0.15) is 0 Å². The molecule has 0 aliphatic carbocycles. The Hall–Kier alpha value is -1.84. The smallest absolute Gasteiger partial charge is 0.293 e. The second-order valence-corrected chi connectivity index (χ2v) is 8.01. The zero-order valence-corrected chi connectivity index (χ0v) is 16.8. The van der Waals surface area contributed by atoms with Gasteiger partial charge in [-0.1, -0.05) is 52.5 Å². The van der Waals surface area contributed by atoms with Gasteiger partial charge in [-0.05, 0) is 48.4 Å². The quantitative estimate of drug-likeness (QED) is 0.578. The summed E-state index contributed by atoms with van der Waals surface area (Å²) in [5, 5.41) is 0.211. The lowest BCUT2D eigenvalue weighted by Gasteiger charge is -2.14. The highest BCUT2D eigenvalue weighted by Crippen LogP contribution is 2.38. The number of amides is 2. The van der Waals surface area contributed by atoms with Gasteiger partial charge >= 0.3 is 0 Å². The highest BCUT2D eigenvalue weighted by atomic mass is 35.5. The number of carbonyl (C=O) groups excluding carboxylic acids is 2. The van der Waals surface area contributed by atoms with E-state index >= 15 is 0 Å². The van der Waals surface area contributed by atoms with Gasteiger partial charge in [-0.15, -0.1) is 6.42 Å². The van der Waals surface area contributed by atoms with Gasteiger partial charge in [0.25, 0.3) is 5.24 Å². The van der Waals surface area contributed by atoms with E-state index in [0.29, 0.717) is 32.9 Å². The minimum atomic E-state index is -0.571. The fraction of sp³-hybridized carbons (Fsp3) is 0.158. The monoisotopic (exact) mass is 439 g/mol. The van der Waals surface area contributed by atoms with Crippen molar-refractivity contribution in [3.05, 3.63) is 57.0 Å². The van der Waals surface area contributed by atoms with Crippen LogP contribution in [-0.4, -0.2) is 23.0 Å². The molecule has 0 aromatic heterocycles. The summed E-state index contributed by atoms with van der Waals surface area (Å²) in [6, 6.07) is 9.83. The summed E-state index contributed by atoms with van der Waals surface area (Å²) in [5.74, 6) is 2.34. The number of hydrogen-bond acceptors (Lipinski definition) is 4. The summed E-state index contributed by atoms with van der Waals surface area (Å²) < 4.78 is 5.32. The third-order valence-corrected chi connectivity index (χ3v) is 5.64. The van der Waals surface area contributed by atoms with Gasteiger partial charge in [0.1, 0.15) is 6.61 Å². The first-order valence-corrected chi connectivity index (χ1v) is 9.76. The zero-order valence-electron chi connectivity index (χ0n) is 13.7. The van der Waals surface area contributed by atoms with Crippen LogP contribution in [0.4, 0.5) is 10.5 Å². The predicted molar refractivity (Wildman–Crippen MR) is 110 cm³/mol. The molecule has 0 unspecified atom stereocenters. The zero-order chi connectivity index (χ0) is 19.6. The van der Waals surface area contributed by atoms with Crippen LogP contribution >= 0.6 is 46.6 Å². The number of ether oxygens (including phenoxy) is 1. The van der Waals surface area contributed by atoms with Crippen LogP contribution in [0.2, 0.25) is 15.1 Å². The van der Waals surface area contributed by atoms with Crippen molar-refractivity contribution in [2.24, 2.45) is 0 Å². The van der Waals surface area contributed by atoms with Crippen LogP contribution in [0, 0.1) is 12.3 Å². The Bertz CT molecular complexity index is 917. The normalized spacial score (nSPS) is 16.5. The van der Waals surface area contributed by atoms with E-state index in [1.165, 1.54) is 0 Å². The maximum Gasteiger partial charge on any atom is 0.293 e. The highest BCUT2D eigenvalue weighted by molar-refractivity contribution is 8.15. The molecule has 1 saturated heterocycles. The number of thioether (sulfide) groups is 1. The molecule has 2 amide bonds. The van der Waals surface area contributed by atoms with Crippen LogP contribution in [0.3, 0.4) is 0 Å². The number of rotatable bonds is 5. The minimum absolute atomic E-state index is 0.0420. The summed E-state index contributed by atoms with van der Waals surface area (Å²) in [6.45, 7) is 0.0420. The van der Waals surface area contributed by atoms with Crippen LogP contribution < -0.4 is 9.64 Å². The molecule has 2 aromatic rings. The van der Waals surface area contributed by atoms with Crippen LogP contribution in [0.25, 0.3) is 0 Å². The molecule has 0 spiro atoms. The SMILES string of the molecule is C#CCOc1c(Cl)cc(C[C@H]2SC(=O)N(c3ccc(Cl)cc3)C2=O)cc1Cl. The number of nitrogens with zero attached hydrogens (tertiary/aromatic N) is 1. The Labute approximate surface area is 175 Å². The Morgan fingerprint density at radius 1 is 1.11 bits per heavy atom. The predicted octanol–water partition coefficient (Wildman–Crippen LogP) is 5.47. The fourth-order valence-corrected chi connectivity index (χ4v) is 4.40. The first kappa shape index (κ1) is 19.9. The van der Waals surface area contributed by atoms with Crippen molar-refractivity contribution in [3.63, 3.8) is 0 Å². The maximum absolute atomic E-state index is 12.7. The average Bonchev–Trinajstić information content (AvgIpc) is 2.89. The van der Waals surface area contributed by atoms with Crippen LogP contribution in [-0.2, 0) is 11.2 Å². The molecule has 0 N–H and O–H groups in total. The Balaban J connectivity index is 1.79. The average molecular weight is 441 g/mol. The number of hydrogen-bond donors (Lipinski definition) is 0. The maximum atomic E-state index is 12.7. The molecule has 1 fully saturated rings. The van der Waals surface area contributed by atoms with Gasteiger partial charge in [-0.3, -0.25) is 9.59 Å². The summed E-state index contributed by atoms with van der Waals surface area (Å²) in [5.41, 5.74) is 1.20. The van der Waals surface area contributed by atoms with Crippen molar-refractivity contribution < 1.29 is 14.3 Å². The van der Waals surface area contributed by atoms with E-state index in [0.717, 1.165) is 22.2 Å². The molecule has 27 heavy (non-hydrogen) atoms. The summed E-state index contributed by atoms with van der Waals surface area (Å²) in [6.07, 6.45) is 5.47. The molecule has 8 heteroatoms. The standard InChI is InChI=1S/C19H12Cl3NO3S/c1-2-7-26-17-14(21)8-11(9-15(17)22)10-16-18(24)23(19(25)27-16)13-5-3-12(20)4-6-13/h1,3-6,8-9,16H,7,10H2/t16-/m1/s1. The molecule has 1 atom stereocenters. The lowest BCUT2D eigenvalue weighted by atomic mass is 10.1.